The number of hydrogen-bond acceptors (Lipinski definition) is 3. The summed E-state index contributed by atoms with van der Waals surface area (Å²) in [5, 5.41) is 0. The van der Waals surface area contributed by atoms with Gasteiger partial charge in [0, 0.05) is 5.92 Å². The van der Waals surface area contributed by atoms with Crippen LogP contribution < -0.4 is 11.5 Å². The number of ether oxygens (including phenoxy) is 1. The van der Waals surface area contributed by atoms with Crippen molar-refractivity contribution in [3.05, 3.63) is 0 Å². The summed E-state index contributed by atoms with van der Waals surface area (Å²) in [7, 11) is 0. The minimum atomic E-state index is -0.606. The summed E-state index contributed by atoms with van der Waals surface area (Å²) in [5.41, 5.74) is 10.1. The van der Waals surface area contributed by atoms with Crippen LogP contribution in [0.5, 0.6) is 0 Å². The Hall–Kier alpha value is -0.610. The predicted molar refractivity (Wildman–Crippen MR) is 45.0 cm³/mol. The van der Waals surface area contributed by atoms with Crippen molar-refractivity contribution in [1.29, 1.82) is 0 Å². The Kier molecular flexibility index (Phi) is 2.39. The molecule has 1 fully saturated rings. The number of nitrogens with two attached hydrogens (primary N) is 2. The lowest BCUT2D eigenvalue weighted by molar-refractivity contribution is -0.120. The maximum absolute atomic E-state index is 10.6. The first-order valence-electron chi connectivity index (χ1n) is 4.12. The quantitative estimate of drug-likeness (QED) is 0.577. The fourth-order valence-corrected chi connectivity index (χ4v) is 1.10. The van der Waals surface area contributed by atoms with Gasteiger partial charge in [-0.25, -0.2) is 0 Å². The van der Waals surface area contributed by atoms with E-state index in [-0.39, 0.29) is 11.8 Å². The Morgan fingerprint density at radius 2 is 2.25 bits per heavy atom. The molecule has 12 heavy (non-hydrogen) atoms. The number of amides is 1. The standard InChI is InChI=1S/C8H16N2O2/c1-8(2,10)12-4-5-3-6(5)7(9)11/h5-6H,3-4,10H2,1-2H3,(H2,9,11). The second-order valence-corrected chi connectivity index (χ2v) is 3.92. The van der Waals surface area contributed by atoms with Crippen molar-refractivity contribution in [3.63, 3.8) is 0 Å². The van der Waals surface area contributed by atoms with Gasteiger partial charge in [-0.1, -0.05) is 0 Å². The number of rotatable bonds is 4. The van der Waals surface area contributed by atoms with Crippen LogP contribution >= 0.6 is 0 Å². The molecule has 1 saturated carbocycles. The predicted octanol–water partition coefficient (Wildman–Crippen LogP) is -0.181. The molecule has 0 spiro atoms. The van der Waals surface area contributed by atoms with Gasteiger partial charge in [-0.2, -0.15) is 0 Å². The maximum atomic E-state index is 10.6. The molecule has 1 aliphatic rings. The molecule has 1 rings (SSSR count). The van der Waals surface area contributed by atoms with E-state index in [4.69, 9.17) is 16.2 Å². The van der Waals surface area contributed by atoms with Gasteiger partial charge in [-0.05, 0) is 26.2 Å². The van der Waals surface area contributed by atoms with Gasteiger partial charge in [-0.15, -0.1) is 0 Å². The first-order valence-corrected chi connectivity index (χ1v) is 4.12. The molecule has 0 aromatic heterocycles. The van der Waals surface area contributed by atoms with Crippen LogP contribution in [0.3, 0.4) is 0 Å². The smallest absolute Gasteiger partial charge is 0.220 e. The first kappa shape index (κ1) is 9.48. The molecule has 2 atom stereocenters. The van der Waals surface area contributed by atoms with E-state index < -0.39 is 5.72 Å². The lowest BCUT2D eigenvalue weighted by Crippen LogP contribution is -2.36. The molecule has 0 heterocycles. The van der Waals surface area contributed by atoms with Crippen molar-refractivity contribution < 1.29 is 9.53 Å². The van der Waals surface area contributed by atoms with E-state index in [0.29, 0.717) is 12.5 Å². The highest BCUT2D eigenvalue weighted by atomic mass is 16.5. The zero-order chi connectivity index (χ0) is 9.35. The number of hydrogen-bond donors (Lipinski definition) is 2. The van der Waals surface area contributed by atoms with Gasteiger partial charge in [0.1, 0.15) is 5.72 Å². The molecule has 0 aromatic rings. The van der Waals surface area contributed by atoms with Crippen LogP contribution in [0.2, 0.25) is 0 Å². The van der Waals surface area contributed by atoms with E-state index in [1.807, 2.05) is 0 Å². The Morgan fingerprint density at radius 1 is 1.67 bits per heavy atom. The van der Waals surface area contributed by atoms with E-state index in [1.165, 1.54) is 0 Å². The normalized spacial score (nSPS) is 28.6. The van der Waals surface area contributed by atoms with Gasteiger partial charge in [0.05, 0.1) is 6.61 Å². The lowest BCUT2D eigenvalue weighted by Gasteiger charge is -2.19. The first-order chi connectivity index (χ1) is 5.40. The van der Waals surface area contributed by atoms with Gasteiger partial charge in [-0.3, -0.25) is 4.79 Å². The highest BCUT2D eigenvalue weighted by molar-refractivity contribution is 5.79. The molecule has 0 bridgehead atoms. The van der Waals surface area contributed by atoms with Crippen LogP contribution in [-0.4, -0.2) is 18.2 Å². The van der Waals surface area contributed by atoms with E-state index in [9.17, 15) is 4.79 Å². The Bertz CT molecular complexity index is 186. The molecule has 1 amide bonds. The minimum absolute atomic E-state index is 0.0207. The summed E-state index contributed by atoms with van der Waals surface area (Å²) in [6.45, 7) is 4.11. The van der Waals surface area contributed by atoms with Crippen molar-refractivity contribution >= 4 is 5.91 Å². The largest absolute Gasteiger partial charge is 0.369 e. The summed E-state index contributed by atoms with van der Waals surface area (Å²) in [6.07, 6.45) is 0.853. The summed E-state index contributed by atoms with van der Waals surface area (Å²) >= 11 is 0. The molecule has 1 aliphatic carbocycles. The van der Waals surface area contributed by atoms with Gasteiger partial charge in [0.2, 0.25) is 5.91 Å². The highest BCUT2D eigenvalue weighted by Gasteiger charge is 2.42. The number of carbonyl (C=O) groups excluding carboxylic acids is 1. The molecule has 0 aromatic carbocycles. The topological polar surface area (TPSA) is 78.3 Å². The highest BCUT2D eigenvalue weighted by Crippen LogP contribution is 2.38. The molecule has 2 unspecified atom stereocenters. The third kappa shape index (κ3) is 2.79. The fraction of sp³-hybridized carbons (Fsp3) is 0.875. The van der Waals surface area contributed by atoms with Gasteiger partial charge in [0.15, 0.2) is 0 Å². The SMILES string of the molecule is CC(C)(N)OCC1CC1C(N)=O. The van der Waals surface area contributed by atoms with Crippen molar-refractivity contribution in [2.75, 3.05) is 6.61 Å². The van der Waals surface area contributed by atoms with Crippen molar-refractivity contribution in [1.82, 2.24) is 0 Å². The third-order valence-corrected chi connectivity index (χ3v) is 1.96. The fourth-order valence-electron chi connectivity index (χ4n) is 1.10. The van der Waals surface area contributed by atoms with Crippen LogP contribution in [0.15, 0.2) is 0 Å². The summed E-state index contributed by atoms with van der Waals surface area (Å²) < 4.78 is 5.30. The van der Waals surface area contributed by atoms with Crippen LogP contribution in [0.25, 0.3) is 0 Å². The average Bonchev–Trinajstić information content (AvgIpc) is 2.59. The molecular weight excluding hydrogens is 156 g/mol. The van der Waals surface area contributed by atoms with Gasteiger partial charge >= 0.3 is 0 Å². The second kappa shape index (κ2) is 3.03. The van der Waals surface area contributed by atoms with Crippen LogP contribution in [0, 0.1) is 11.8 Å². The van der Waals surface area contributed by atoms with Gasteiger partial charge < -0.3 is 16.2 Å². The summed E-state index contributed by atoms with van der Waals surface area (Å²) in [5.74, 6) is 0.0936. The van der Waals surface area contributed by atoms with E-state index in [0.717, 1.165) is 6.42 Å². The molecule has 70 valence electrons. The second-order valence-electron chi connectivity index (χ2n) is 3.92. The van der Waals surface area contributed by atoms with Crippen molar-refractivity contribution in [2.45, 2.75) is 26.0 Å². The molecule has 4 N–H and O–H groups in total. The minimum Gasteiger partial charge on any atom is -0.369 e. The molecule has 0 aliphatic heterocycles. The van der Waals surface area contributed by atoms with E-state index in [1.54, 1.807) is 13.8 Å². The average molecular weight is 172 g/mol. The molecule has 4 nitrogen and oxygen atoms in total. The van der Waals surface area contributed by atoms with Crippen molar-refractivity contribution in [2.24, 2.45) is 23.3 Å². The Labute approximate surface area is 72.2 Å². The molecule has 4 heteroatoms. The monoisotopic (exact) mass is 172 g/mol. The van der Waals surface area contributed by atoms with Crippen molar-refractivity contribution in [3.8, 4) is 0 Å². The van der Waals surface area contributed by atoms with Crippen LogP contribution in [-0.2, 0) is 9.53 Å². The van der Waals surface area contributed by atoms with Crippen LogP contribution in [0.1, 0.15) is 20.3 Å². The summed E-state index contributed by atoms with van der Waals surface area (Å²) in [6, 6.07) is 0. The van der Waals surface area contributed by atoms with E-state index in [2.05, 4.69) is 0 Å². The Balaban J connectivity index is 2.16. The number of primary amides is 1. The lowest BCUT2D eigenvalue weighted by atomic mass is 10.3. The molecule has 0 radical (unpaired) electrons. The summed E-state index contributed by atoms with van der Waals surface area (Å²) in [4.78, 5) is 10.6. The zero-order valence-corrected chi connectivity index (χ0v) is 7.54. The third-order valence-electron chi connectivity index (χ3n) is 1.96. The molecule has 0 saturated heterocycles. The Morgan fingerprint density at radius 3 is 2.58 bits per heavy atom. The van der Waals surface area contributed by atoms with E-state index >= 15 is 0 Å². The zero-order valence-electron chi connectivity index (χ0n) is 7.54. The molecular formula is C8H16N2O2. The van der Waals surface area contributed by atoms with Gasteiger partial charge in [0.25, 0.3) is 0 Å². The maximum Gasteiger partial charge on any atom is 0.220 e. The number of carbonyl (C=O) groups is 1. The van der Waals surface area contributed by atoms with Crippen LogP contribution in [0.4, 0.5) is 0 Å².